The average Bonchev–Trinajstić information content (AvgIpc) is 2.77. The van der Waals surface area contributed by atoms with Gasteiger partial charge >= 0.3 is 0 Å². The van der Waals surface area contributed by atoms with Crippen LogP contribution in [0.25, 0.3) is 6.08 Å². The van der Waals surface area contributed by atoms with Gasteiger partial charge in [-0.1, -0.05) is 24.3 Å². The van der Waals surface area contributed by atoms with Crippen LogP contribution in [0.15, 0.2) is 79.1 Å². The van der Waals surface area contributed by atoms with Gasteiger partial charge in [-0.05, 0) is 53.6 Å². The highest BCUT2D eigenvalue weighted by atomic mass is 16.5. The summed E-state index contributed by atoms with van der Waals surface area (Å²) in [4.78, 5) is 28.2. The minimum Gasteiger partial charge on any atom is -0.497 e. The van der Waals surface area contributed by atoms with Crippen LogP contribution in [0, 0.1) is 0 Å². The number of nitrogens with zero attached hydrogens (tertiary/aromatic N) is 1. The molecule has 1 heterocycles. The number of hydrogen-bond acceptors (Lipinski definition) is 4. The topological polar surface area (TPSA) is 80.3 Å². The number of ether oxygens (including phenoxy) is 1. The van der Waals surface area contributed by atoms with E-state index in [1.54, 1.807) is 37.6 Å². The summed E-state index contributed by atoms with van der Waals surface area (Å²) in [6, 6.07) is 18.2. The third-order valence-electron chi connectivity index (χ3n) is 4.09. The molecule has 0 bridgehead atoms. The van der Waals surface area contributed by atoms with Crippen molar-refractivity contribution in [1.29, 1.82) is 0 Å². The number of nitrogens with one attached hydrogen (secondary N) is 2. The molecule has 0 unspecified atom stereocenters. The Kier molecular flexibility index (Phi) is 6.73. The number of carbonyl (C=O) groups is 2. The summed E-state index contributed by atoms with van der Waals surface area (Å²) in [5.41, 5.74) is 2.89. The van der Waals surface area contributed by atoms with Crippen LogP contribution in [0.1, 0.15) is 21.5 Å². The highest BCUT2D eigenvalue weighted by molar-refractivity contribution is 6.02. The molecule has 146 valence electrons. The van der Waals surface area contributed by atoms with Gasteiger partial charge in [0.05, 0.1) is 12.7 Å². The average molecular weight is 387 g/mol. The van der Waals surface area contributed by atoms with Gasteiger partial charge in [0.25, 0.3) is 5.91 Å². The molecule has 0 aliphatic rings. The Morgan fingerprint density at radius 1 is 1.07 bits per heavy atom. The predicted octanol–water partition coefficient (Wildman–Crippen LogP) is 3.67. The number of hydrogen-bond donors (Lipinski definition) is 2. The Hall–Kier alpha value is -3.93. The highest BCUT2D eigenvalue weighted by Gasteiger charge is 2.05. The second-order valence-electron chi connectivity index (χ2n) is 6.22. The van der Waals surface area contributed by atoms with Crippen molar-refractivity contribution in [2.45, 2.75) is 6.54 Å². The maximum Gasteiger partial charge on any atom is 0.253 e. The Bertz CT molecular complexity index is 1020. The van der Waals surface area contributed by atoms with Crippen molar-refractivity contribution in [3.63, 3.8) is 0 Å². The molecule has 0 radical (unpaired) electrons. The molecular formula is C23H21N3O3. The maximum absolute atomic E-state index is 12.2. The predicted molar refractivity (Wildman–Crippen MR) is 113 cm³/mol. The van der Waals surface area contributed by atoms with Crippen LogP contribution in [-0.4, -0.2) is 23.9 Å². The van der Waals surface area contributed by atoms with Crippen LogP contribution in [0.3, 0.4) is 0 Å². The van der Waals surface area contributed by atoms with Crippen molar-refractivity contribution < 1.29 is 14.3 Å². The van der Waals surface area contributed by atoms with Gasteiger partial charge in [-0.15, -0.1) is 0 Å². The number of methoxy groups -OCH3 is 1. The van der Waals surface area contributed by atoms with E-state index in [0.29, 0.717) is 17.8 Å². The largest absolute Gasteiger partial charge is 0.497 e. The molecule has 2 aromatic carbocycles. The van der Waals surface area contributed by atoms with Gasteiger partial charge in [0.1, 0.15) is 5.75 Å². The van der Waals surface area contributed by atoms with Crippen LogP contribution in [-0.2, 0) is 11.3 Å². The quantitative estimate of drug-likeness (QED) is 0.606. The number of aromatic nitrogens is 1. The van der Waals surface area contributed by atoms with Crippen LogP contribution < -0.4 is 15.4 Å². The lowest BCUT2D eigenvalue weighted by atomic mass is 10.2. The van der Waals surface area contributed by atoms with Crippen LogP contribution in [0.5, 0.6) is 5.75 Å². The Morgan fingerprint density at radius 2 is 1.93 bits per heavy atom. The second-order valence-corrected chi connectivity index (χ2v) is 6.22. The Balaban J connectivity index is 1.57. The lowest BCUT2D eigenvalue weighted by Crippen LogP contribution is -2.22. The van der Waals surface area contributed by atoms with Gasteiger partial charge in [0.15, 0.2) is 0 Å². The number of benzene rings is 2. The van der Waals surface area contributed by atoms with Crippen molar-refractivity contribution in [1.82, 2.24) is 10.3 Å². The zero-order chi connectivity index (χ0) is 20.5. The fourth-order valence-corrected chi connectivity index (χ4v) is 2.64. The number of pyridine rings is 1. The maximum atomic E-state index is 12.2. The molecule has 0 atom stereocenters. The summed E-state index contributed by atoms with van der Waals surface area (Å²) in [6.07, 6.45) is 6.31. The van der Waals surface area contributed by atoms with Gasteiger partial charge in [-0.25, -0.2) is 0 Å². The number of anilines is 1. The fraction of sp³-hybridized carbons (Fsp3) is 0.0870. The highest BCUT2D eigenvalue weighted by Crippen LogP contribution is 2.14. The molecule has 0 spiro atoms. The summed E-state index contributed by atoms with van der Waals surface area (Å²) in [5, 5.41) is 5.66. The van der Waals surface area contributed by atoms with Gasteiger partial charge in [-0.2, -0.15) is 0 Å². The third-order valence-corrected chi connectivity index (χ3v) is 4.09. The van der Waals surface area contributed by atoms with E-state index < -0.39 is 0 Å². The summed E-state index contributed by atoms with van der Waals surface area (Å²) < 4.78 is 5.17. The molecule has 3 aromatic rings. The normalized spacial score (nSPS) is 10.5. The Labute approximate surface area is 169 Å². The van der Waals surface area contributed by atoms with Crippen LogP contribution in [0.4, 0.5) is 5.69 Å². The molecule has 1 aromatic heterocycles. The summed E-state index contributed by atoms with van der Waals surface area (Å²) in [5.74, 6) is 0.284. The number of carbonyl (C=O) groups excluding carboxylic acids is 2. The van der Waals surface area contributed by atoms with E-state index >= 15 is 0 Å². The summed E-state index contributed by atoms with van der Waals surface area (Å²) in [7, 11) is 1.60. The summed E-state index contributed by atoms with van der Waals surface area (Å²) >= 11 is 0. The lowest BCUT2D eigenvalue weighted by molar-refractivity contribution is -0.111. The van der Waals surface area contributed by atoms with Gasteiger partial charge in [-0.3, -0.25) is 14.6 Å². The van der Waals surface area contributed by atoms with E-state index in [2.05, 4.69) is 15.6 Å². The lowest BCUT2D eigenvalue weighted by Gasteiger charge is -2.08. The first-order chi connectivity index (χ1) is 14.1. The van der Waals surface area contributed by atoms with E-state index in [1.165, 1.54) is 12.3 Å². The van der Waals surface area contributed by atoms with Crippen molar-refractivity contribution >= 4 is 23.6 Å². The molecule has 2 N–H and O–H groups in total. The second kappa shape index (κ2) is 9.85. The van der Waals surface area contributed by atoms with Gasteiger partial charge < -0.3 is 15.4 Å². The molecular weight excluding hydrogens is 366 g/mol. The summed E-state index contributed by atoms with van der Waals surface area (Å²) in [6.45, 7) is 0.344. The standard InChI is InChI=1S/C23H21N3O3/c1-29-21-9-3-5-17(14-21)10-11-22(27)26-20-8-2-6-18(13-20)15-25-23(28)19-7-4-12-24-16-19/h2-14,16H,15H2,1H3,(H,25,28)(H,26,27)/b11-10+. The monoisotopic (exact) mass is 387 g/mol. The number of amides is 2. The molecule has 2 amide bonds. The van der Waals surface area contributed by atoms with E-state index in [-0.39, 0.29) is 11.8 Å². The zero-order valence-electron chi connectivity index (χ0n) is 16.0. The van der Waals surface area contributed by atoms with E-state index in [9.17, 15) is 9.59 Å². The molecule has 0 aliphatic heterocycles. The molecule has 6 nitrogen and oxygen atoms in total. The first kappa shape index (κ1) is 19.8. The van der Waals surface area contributed by atoms with Crippen molar-refractivity contribution in [3.05, 3.63) is 95.8 Å². The Morgan fingerprint density at radius 3 is 2.72 bits per heavy atom. The van der Waals surface area contributed by atoms with Gasteiger partial charge in [0.2, 0.25) is 5.91 Å². The molecule has 6 heteroatoms. The smallest absolute Gasteiger partial charge is 0.253 e. The molecule has 3 rings (SSSR count). The SMILES string of the molecule is COc1cccc(/C=C/C(=O)Nc2cccc(CNC(=O)c3cccnc3)c2)c1. The molecule has 0 fully saturated rings. The third kappa shape index (κ3) is 6.04. The van der Waals surface area contributed by atoms with Crippen LogP contribution >= 0.6 is 0 Å². The zero-order valence-corrected chi connectivity index (χ0v) is 16.0. The van der Waals surface area contributed by atoms with Crippen LogP contribution in [0.2, 0.25) is 0 Å². The minimum atomic E-state index is -0.246. The molecule has 0 aliphatic carbocycles. The molecule has 29 heavy (non-hydrogen) atoms. The molecule has 0 saturated heterocycles. The van der Waals surface area contributed by atoms with Crippen molar-refractivity contribution in [3.8, 4) is 5.75 Å². The molecule has 0 saturated carbocycles. The van der Waals surface area contributed by atoms with E-state index in [4.69, 9.17) is 4.74 Å². The van der Waals surface area contributed by atoms with E-state index in [0.717, 1.165) is 16.9 Å². The first-order valence-corrected chi connectivity index (χ1v) is 9.04. The fourth-order valence-electron chi connectivity index (χ4n) is 2.64. The van der Waals surface area contributed by atoms with E-state index in [1.807, 2.05) is 42.5 Å². The van der Waals surface area contributed by atoms with Crippen molar-refractivity contribution in [2.75, 3.05) is 12.4 Å². The number of rotatable bonds is 7. The first-order valence-electron chi connectivity index (χ1n) is 9.04. The minimum absolute atomic E-state index is 0.200. The van der Waals surface area contributed by atoms with Gasteiger partial charge in [0, 0.05) is 30.7 Å². The van der Waals surface area contributed by atoms with Crippen molar-refractivity contribution in [2.24, 2.45) is 0 Å².